The number of nitrogens with zero attached hydrogens (tertiary/aromatic N) is 1. The lowest BCUT2D eigenvalue weighted by molar-refractivity contribution is -0.138. The van der Waals surface area contributed by atoms with E-state index >= 15 is 0 Å². The van der Waals surface area contributed by atoms with Crippen molar-refractivity contribution in [2.45, 2.75) is 25.2 Å². The van der Waals surface area contributed by atoms with Gasteiger partial charge in [-0.15, -0.1) is 0 Å². The first-order valence-electron chi connectivity index (χ1n) is 8.93. The molecule has 3 rings (SSSR count). The summed E-state index contributed by atoms with van der Waals surface area (Å²) < 4.78 is 63.0. The molecule has 162 valence electrons. The van der Waals surface area contributed by atoms with Crippen LogP contribution in [0.25, 0.3) is 0 Å². The van der Waals surface area contributed by atoms with E-state index in [9.17, 15) is 31.9 Å². The van der Waals surface area contributed by atoms with E-state index in [2.05, 4.69) is 0 Å². The topological polar surface area (TPSA) is 72.9 Å². The largest absolute Gasteiger partial charge is 0.448 e. The van der Waals surface area contributed by atoms with Gasteiger partial charge in [-0.1, -0.05) is 18.2 Å². The van der Waals surface area contributed by atoms with Crippen LogP contribution < -0.4 is 4.74 Å². The number of hydrogen-bond acceptors (Lipinski definition) is 5. The van der Waals surface area contributed by atoms with E-state index in [1.165, 1.54) is 19.1 Å². The number of rotatable bonds is 3. The molecule has 0 saturated heterocycles. The molecule has 0 radical (unpaired) electrons. The molecule has 2 atom stereocenters. The zero-order chi connectivity index (χ0) is 22.8. The lowest BCUT2D eigenvalue weighted by Crippen LogP contribution is -2.50. The molecule has 0 N–H and O–H groups in total. The van der Waals surface area contributed by atoms with Crippen molar-refractivity contribution in [3.63, 3.8) is 0 Å². The Morgan fingerprint density at radius 2 is 1.74 bits per heavy atom. The van der Waals surface area contributed by atoms with E-state index in [-0.39, 0.29) is 11.8 Å². The van der Waals surface area contributed by atoms with Gasteiger partial charge in [0.1, 0.15) is 11.6 Å². The van der Waals surface area contributed by atoms with E-state index in [4.69, 9.17) is 9.47 Å². The second-order valence-electron chi connectivity index (χ2n) is 6.56. The highest BCUT2D eigenvalue weighted by atomic mass is 19.4. The molecule has 0 aliphatic carbocycles. The Kier molecular flexibility index (Phi) is 6.09. The molecule has 0 unspecified atom stereocenters. The second-order valence-corrected chi connectivity index (χ2v) is 6.56. The van der Waals surface area contributed by atoms with Crippen LogP contribution in [-0.4, -0.2) is 34.9 Å². The third kappa shape index (κ3) is 4.90. The zero-order valence-electron chi connectivity index (χ0n) is 15.9. The van der Waals surface area contributed by atoms with E-state index < -0.39 is 53.1 Å². The van der Waals surface area contributed by atoms with Crippen molar-refractivity contribution in [2.24, 2.45) is 0 Å². The van der Waals surface area contributed by atoms with Crippen LogP contribution >= 0.6 is 0 Å². The fourth-order valence-corrected chi connectivity index (χ4v) is 2.90. The van der Waals surface area contributed by atoms with Gasteiger partial charge in [0.05, 0.1) is 17.2 Å². The Balaban J connectivity index is 1.80. The number of carbonyl (C=O) groups is 3. The molecular weight excluding hydrogens is 422 g/mol. The van der Waals surface area contributed by atoms with Gasteiger partial charge in [-0.3, -0.25) is 9.69 Å². The second kappa shape index (κ2) is 8.58. The predicted molar refractivity (Wildman–Crippen MR) is 98.5 cm³/mol. The number of carbonyl (C=O) groups excluding carboxylic acids is 3. The van der Waals surface area contributed by atoms with Crippen LogP contribution in [0.15, 0.2) is 60.8 Å². The minimum atomic E-state index is -5.02. The summed E-state index contributed by atoms with van der Waals surface area (Å²) in [5, 5.41) is 0. The van der Waals surface area contributed by atoms with Crippen LogP contribution in [-0.2, 0) is 15.7 Å². The van der Waals surface area contributed by atoms with Gasteiger partial charge in [0.25, 0.3) is 0 Å². The molecule has 1 aliphatic heterocycles. The first-order chi connectivity index (χ1) is 14.6. The monoisotopic (exact) mass is 437 g/mol. The van der Waals surface area contributed by atoms with Gasteiger partial charge in [-0.05, 0) is 37.3 Å². The Morgan fingerprint density at radius 1 is 1.06 bits per heavy atom. The van der Waals surface area contributed by atoms with Gasteiger partial charge < -0.3 is 9.47 Å². The van der Waals surface area contributed by atoms with Crippen molar-refractivity contribution in [1.29, 1.82) is 0 Å². The number of alkyl halides is 3. The van der Waals surface area contributed by atoms with Gasteiger partial charge >= 0.3 is 18.2 Å². The third-order valence-corrected chi connectivity index (χ3v) is 4.46. The molecule has 0 saturated carbocycles. The maximum absolute atomic E-state index is 13.3. The van der Waals surface area contributed by atoms with E-state index in [1.54, 1.807) is 18.2 Å². The fraction of sp³-hybridized carbons (Fsp3) is 0.190. The summed E-state index contributed by atoms with van der Waals surface area (Å²) in [4.78, 5) is 38.0. The number of hydrogen-bond donors (Lipinski definition) is 0. The highest BCUT2D eigenvalue weighted by Crippen LogP contribution is 2.33. The average molecular weight is 437 g/mol. The summed E-state index contributed by atoms with van der Waals surface area (Å²) in [5.41, 5.74) is -2.49. The molecule has 0 fully saturated rings. The molecule has 2 aromatic rings. The van der Waals surface area contributed by atoms with E-state index in [0.717, 1.165) is 17.2 Å². The number of ketones is 1. The smallest absolute Gasteiger partial charge is 0.419 e. The zero-order valence-corrected chi connectivity index (χ0v) is 15.9. The van der Waals surface area contributed by atoms with Crippen molar-refractivity contribution >= 4 is 17.8 Å². The molecule has 0 aromatic heterocycles. The van der Waals surface area contributed by atoms with Crippen LogP contribution in [0.2, 0.25) is 0 Å². The summed E-state index contributed by atoms with van der Waals surface area (Å²) in [6, 6.07) is 8.38. The molecule has 6 nitrogen and oxygen atoms in total. The molecular formula is C21H15F4NO5. The van der Waals surface area contributed by atoms with Crippen molar-refractivity contribution in [3.05, 3.63) is 77.8 Å². The SMILES string of the molecule is C[C@@H]1[C@@H](OC(=O)c2ccc(F)cc2C(F)(F)F)C(=O)C=CN1C(=O)Oc1ccccc1. The number of amides is 1. The van der Waals surface area contributed by atoms with Crippen molar-refractivity contribution in [2.75, 3.05) is 0 Å². The predicted octanol–water partition coefficient (Wildman–Crippen LogP) is 4.36. The lowest BCUT2D eigenvalue weighted by atomic mass is 10.0. The molecule has 2 aromatic carbocycles. The summed E-state index contributed by atoms with van der Waals surface area (Å²) in [6.45, 7) is 1.36. The van der Waals surface area contributed by atoms with E-state index in [1.807, 2.05) is 0 Å². The van der Waals surface area contributed by atoms with Crippen molar-refractivity contribution in [1.82, 2.24) is 4.90 Å². The quantitative estimate of drug-likeness (QED) is 0.527. The van der Waals surface area contributed by atoms with Crippen molar-refractivity contribution in [3.8, 4) is 5.75 Å². The molecule has 31 heavy (non-hydrogen) atoms. The fourth-order valence-electron chi connectivity index (χ4n) is 2.90. The third-order valence-electron chi connectivity index (χ3n) is 4.46. The van der Waals surface area contributed by atoms with Crippen LogP contribution in [0.1, 0.15) is 22.8 Å². The molecule has 10 heteroatoms. The van der Waals surface area contributed by atoms with Gasteiger partial charge in [-0.25, -0.2) is 14.0 Å². The summed E-state index contributed by atoms with van der Waals surface area (Å²) >= 11 is 0. The van der Waals surface area contributed by atoms with E-state index in [0.29, 0.717) is 12.1 Å². The Bertz CT molecular complexity index is 1040. The van der Waals surface area contributed by atoms with Gasteiger partial charge in [0, 0.05) is 12.3 Å². The summed E-state index contributed by atoms with van der Waals surface area (Å²) in [7, 11) is 0. The van der Waals surface area contributed by atoms with Crippen molar-refractivity contribution < 1.29 is 41.4 Å². The number of para-hydroxylation sites is 1. The maximum atomic E-state index is 13.3. The highest BCUT2D eigenvalue weighted by molar-refractivity contribution is 5.99. The lowest BCUT2D eigenvalue weighted by Gasteiger charge is -2.33. The van der Waals surface area contributed by atoms with Gasteiger partial charge in [-0.2, -0.15) is 13.2 Å². The standard InChI is InChI=1S/C21H15F4NO5/c1-12-18(31-19(28)15-8-7-13(22)11-16(15)21(23,24)25)17(27)9-10-26(12)20(29)30-14-5-3-2-4-6-14/h2-12,18H,1H3/t12-,18-/m1/s1. The highest BCUT2D eigenvalue weighted by Gasteiger charge is 2.40. The first kappa shape index (κ1) is 22.0. The number of esters is 1. The minimum Gasteiger partial charge on any atom is -0.448 e. The molecule has 1 aliphatic rings. The first-order valence-corrected chi connectivity index (χ1v) is 8.93. The Morgan fingerprint density at radius 3 is 2.39 bits per heavy atom. The molecule has 0 spiro atoms. The van der Waals surface area contributed by atoms with Crippen LogP contribution in [0.5, 0.6) is 5.75 Å². The van der Waals surface area contributed by atoms with Gasteiger partial charge in [0.15, 0.2) is 11.9 Å². The normalized spacial score (nSPS) is 18.6. The molecule has 1 amide bonds. The Hall–Kier alpha value is -3.69. The summed E-state index contributed by atoms with van der Waals surface area (Å²) in [6.07, 6.45) is -5.43. The van der Waals surface area contributed by atoms with Crippen LogP contribution in [0.4, 0.5) is 22.4 Å². The van der Waals surface area contributed by atoms with Gasteiger partial charge in [0.2, 0.25) is 0 Å². The van der Waals surface area contributed by atoms with Crippen LogP contribution in [0, 0.1) is 5.82 Å². The maximum Gasteiger partial charge on any atom is 0.419 e. The average Bonchev–Trinajstić information content (AvgIpc) is 2.71. The molecule has 0 bridgehead atoms. The number of benzene rings is 2. The Labute approximate surface area is 173 Å². The molecule has 1 heterocycles. The number of ether oxygens (including phenoxy) is 2. The van der Waals surface area contributed by atoms with Crippen LogP contribution in [0.3, 0.4) is 0 Å². The summed E-state index contributed by atoms with van der Waals surface area (Å²) in [5.74, 6) is -3.19. The number of halogens is 4. The minimum absolute atomic E-state index is 0.159.